The van der Waals surface area contributed by atoms with Crippen molar-refractivity contribution in [2.75, 3.05) is 48.8 Å². The lowest BCUT2D eigenvalue weighted by molar-refractivity contribution is -0.137. The SMILES string of the molecule is CC(O)c1cc(N2C[C@H]3CC[C@@H](C2)N3C)ccc1Nc1ncc(C(F)(F)F)c(NCCCN2C=COC=CC2=O)n1. The maximum absolute atomic E-state index is 13.7. The Morgan fingerprint density at radius 1 is 1.20 bits per heavy atom. The Morgan fingerprint density at radius 3 is 2.66 bits per heavy atom. The van der Waals surface area contributed by atoms with E-state index in [0.29, 0.717) is 29.8 Å². The summed E-state index contributed by atoms with van der Waals surface area (Å²) in [7, 11) is 2.17. The van der Waals surface area contributed by atoms with Crippen LogP contribution in [-0.2, 0) is 15.7 Å². The molecule has 41 heavy (non-hydrogen) atoms. The van der Waals surface area contributed by atoms with Crippen LogP contribution in [-0.4, -0.2) is 76.1 Å². The normalized spacial score (nSPS) is 21.6. The van der Waals surface area contributed by atoms with E-state index >= 15 is 0 Å². The van der Waals surface area contributed by atoms with Gasteiger partial charge in [-0.1, -0.05) is 0 Å². The average Bonchev–Trinajstić information content (AvgIpc) is 3.09. The number of piperazine rings is 1. The molecule has 3 aliphatic heterocycles. The van der Waals surface area contributed by atoms with Crippen LogP contribution >= 0.6 is 0 Å². The van der Waals surface area contributed by atoms with E-state index in [0.717, 1.165) is 25.0 Å². The van der Waals surface area contributed by atoms with Crippen LogP contribution in [0.2, 0.25) is 0 Å². The molecule has 0 saturated carbocycles. The number of nitrogens with zero attached hydrogens (tertiary/aromatic N) is 5. The summed E-state index contributed by atoms with van der Waals surface area (Å²) >= 11 is 0. The standard InChI is InChI=1S/C28H34F3N7O3/c1-18(39)22-14-19(38-16-20-4-5-21(17-38)36(20)2)6-7-24(22)34-27-33-15-23(28(29,30)31)26(35-27)32-9-3-10-37-11-13-41-12-8-25(37)40/h6-8,11-15,18,20-21,39H,3-5,9-10,16-17H2,1-2H3,(H2,32,33,34,35)/t18?,20-,21+. The molecule has 2 saturated heterocycles. The molecule has 220 valence electrons. The number of carbonyl (C=O) groups excluding carboxylic acids is 1. The maximum atomic E-state index is 13.7. The number of aliphatic hydroxyl groups is 1. The third-order valence-electron chi connectivity index (χ3n) is 7.80. The molecule has 0 spiro atoms. The zero-order valence-corrected chi connectivity index (χ0v) is 22.9. The lowest BCUT2D eigenvalue weighted by Crippen LogP contribution is -2.52. The third-order valence-corrected chi connectivity index (χ3v) is 7.80. The zero-order valence-electron chi connectivity index (χ0n) is 22.9. The first-order chi connectivity index (χ1) is 19.6. The molecule has 2 fully saturated rings. The van der Waals surface area contributed by atoms with Crippen LogP contribution in [0.5, 0.6) is 0 Å². The molecule has 0 radical (unpaired) electrons. The highest BCUT2D eigenvalue weighted by Gasteiger charge is 2.38. The van der Waals surface area contributed by atoms with Crippen molar-refractivity contribution in [3.05, 3.63) is 60.3 Å². The van der Waals surface area contributed by atoms with Gasteiger partial charge in [0.1, 0.15) is 17.6 Å². The Bertz CT molecular complexity index is 1300. The predicted molar refractivity (Wildman–Crippen MR) is 148 cm³/mol. The number of rotatable bonds is 9. The van der Waals surface area contributed by atoms with Gasteiger partial charge in [-0.15, -0.1) is 0 Å². The van der Waals surface area contributed by atoms with E-state index in [4.69, 9.17) is 4.74 Å². The van der Waals surface area contributed by atoms with E-state index in [1.165, 1.54) is 42.5 Å². The van der Waals surface area contributed by atoms with Crippen molar-refractivity contribution in [2.24, 2.45) is 0 Å². The van der Waals surface area contributed by atoms with Gasteiger partial charge in [-0.05, 0) is 51.4 Å². The summed E-state index contributed by atoms with van der Waals surface area (Å²) < 4.78 is 46.1. The van der Waals surface area contributed by atoms with Gasteiger partial charge < -0.3 is 30.3 Å². The average molecular weight is 574 g/mol. The molecule has 3 N–H and O–H groups in total. The molecule has 1 aromatic heterocycles. The van der Waals surface area contributed by atoms with Crippen LogP contribution in [0.15, 0.2) is 49.2 Å². The number of amides is 1. The molecule has 0 aliphatic carbocycles. The second-order valence-corrected chi connectivity index (χ2v) is 10.5. The van der Waals surface area contributed by atoms with E-state index < -0.39 is 17.8 Å². The highest BCUT2D eigenvalue weighted by molar-refractivity contribution is 5.88. The van der Waals surface area contributed by atoms with Gasteiger partial charge in [-0.3, -0.25) is 9.69 Å². The molecule has 3 aliphatic rings. The molecular formula is C28H34F3N7O3. The summed E-state index contributed by atoms with van der Waals surface area (Å²) in [4.78, 5) is 26.2. The van der Waals surface area contributed by atoms with Gasteiger partial charge >= 0.3 is 6.18 Å². The second-order valence-electron chi connectivity index (χ2n) is 10.5. The van der Waals surface area contributed by atoms with Crippen molar-refractivity contribution in [1.29, 1.82) is 0 Å². The van der Waals surface area contributed by atoms with E-state index in [-0.39, 0.29) is 30.8 Å². The molecule has 10 nitrogen and oxygen atoms in total. The molecule has 2 aromatic rings. The molecular weight excluding hydrogens is 539 g/mol. The van der Waals surface area contributed by atoms with E-state index in [1.807, 2.05) is 12.1 Å². The highest BCUT2D eigenvalue weighted by atomic mass is 19.4. The fraction of sp³-hybridized carbons (Fsp3) is 0.464. The molecule has 4 heterocycles. The van der Waals surface area contributed by atoms with Gasteiger partial charge in [0, 0.05) is 73.7 Å². The number of ether oxygens (including phenoxy) is 1. The number of hydrogen-bond acceptors (Lipinski definition) is 9. The van der Waals surface area contributed by atoms with Crippen LogP contribution in [0.3, 0.4) is 0 Å². The number of anilines is 4. The number of nitrogens with one attached hydrogen (secondary N) is 2. The summed E-state index contributed by atoms with van der Waals surface area (Å²) in [6, 6.07) is 6.66. The first-order valence-corrected chi connectivity index (χ1v) is 13.6. The van der Waals surface area contributed by atoms with Gasteiger partial charge in [0.2, 0.25) is 5.95 Å². The van der Waals surface area contributed by atoms with Crippen LogP contribution in [0.4, 0.5) is 36.3 Å². The minimum atomic E-state index is -4.67. The van der Waals surface area contributed by atoms with Gasteiger partial charge in [-0.2, -0.15) is 18.2 Å². The third kappa shape index (κ3) is 6.57. The van der Waals surface area contributed by atoms with E-state index in [2.05, 4.69) is 37.4 Å². The first-order valence-electron chi connectivity index (χ1n) is 13.6. The van der Waals surface area contributed by atoms with Crippen LogP contribution in [0.1, 0.15) is 43.4 Å². The van der Waals surface area contributed by atoms with Gasteiger partial charge in [0.05, 0.1) is 12.4 Å². The van der Waals surface area contributed by atoms with Crippen molar-refractivity contribution >= 4 is 29.0 Å². The Morgan fingerprint density at radius 2 is 1.95 bits per heavy atom. The summed E-state index contributed by atoms with van der Waals surface area (Å²) in [6.07, 6.45) is 3.27. The highest BCUT2D eigenvalue weighted by Crippen LogP contribution is 2.36. The van der Waals surface area contributed by atoms with Crippen molar-refractivity contribution < 1.29 is 27.8 Å². The molecule has 1 aromatic carbocycles. The van der Waals surface area contributed by atoms with Gasteiger partial charge in [-0.25, -0.2) is 4.98 Å². The Labute approximate surface area is 236 Å². The molecule has 5 rings (SSSR count). The predicted octanol–water partition coefficient (Wildman–Crippen LogP) is 4.22. The smallest absolute Gasteiger partial charge is 0.421 e. The Balaban J connectivity index is 1.30. The number of alkyl halides is 3. The van der Waals surface area contributed by atoms with Crippen LogP contribution < -0.4 is 15.5 Å². The second kappa shape index (κ2) is 12.0. The van der Waals surface area contributed by atoms with Crippen molar-refractivity contribution in [3.63, 3.8) is 0 Å². The lowest BCUT2D eigenvalue weighted by Gasteiger charge is -2.40. The minimum Gasteiger partial charge on any atom is -0.471 e. The number of likely N-dealkylation sites (N-methyl/N-ethyl adjacent to an activating group) is 1. The molecule has 1 unspecified atom stereocenters. The van der Waals surface area contributed by atoms with Crippen LogP contribution in [0, 0.1) is 0 Å². The quantitative estimate of drug-likeness (QED) is 0.380. The summed E-state index contributed by atoms with van der Waals surface area (Å²) in [5.74, 6) is -0.706. The van der Waals surface area contributed by atoms with Crippen molar-refractivity contribution in [2.45, 2.75) is 50.6 Å². The summed E-state index contributed by atoms with van der Waals surface area (Å²) in [5, 5.41) is 16.3. The number of aliphatic hydroxyl groups excluding tert-OH is 1. The zero-order chi connectivity index (χ0) is 29.1. The largest absolute Gasteiger partial charge is 0.471 e. The monoisotopic (exact) mass is 573 g/mol. The van der Waals surface area contributed by atoms with E-state index in [1.54, 1.807) is 13.0 Å². The maximum Gasteiger partial charge on any atom is 0.421 e. The molecule has 1 amide bonds. The Hall–Kier alpha value is -3.84. The fourth-order valence-electron chi connectivity index (χ4n) is 5.50. The number of benzene rings is 1. The van der Waals surface area contributed by atoms with E-state index in [9.17, 15) is 23.1 Å². The Kier molecular flexibility index (Phi) is 8.36. The molecule has 2 bridgehead atoms. The van der Waals surface area contributed by atoms with Crippen molar-refractivity contribution in [3.8, 4) is 0 Å². The lowest BCUT2D eigenvalue weighted by atomic mass is 10.1. The number of carbonyl (C=O) groups is 1. The number of halogens is 3. The van der Waals surface area contributed by atoms with Gasteiger partial charge in [0.15, 0.2) is 0 Å². The molecule has 13 heteroatoms. The van der Waals surface area contributed by atoms with Crippen molar-refractivity contribution in [1.82, 2.24) is 19.8 Å². The van der Waals surface area contributed by atoms with Crippen LogP contribution in [0.25, 0.3) is 0 Å². The minimum absolute atomic E-state index is 0.0410. The van der Waals surface area contributed by atoms with Gasteiger partial charge in [0.25, 0.3) is 5.91 Å². The fourth-order valence-corrected chi connectivity index (χ4v) is 5.50. The summed E-state index contributed by atoms with van der Waals surface area (Å²) in [6.45, 7) is 3.85. The number of fused-ring (bicyclic) bond motifs is 2. The first kappa shape index (κ1) is 28.7. The molecule has 3 atom stereocenters. The summed E-state index contributed by atoms with van der Waals surface area (Å²) in [5.41, 5.74) is 1.10. The topological polar surface area (TPSA) is 106 Å². The number of aromatic nitrogens is 2. The number of hydrogen-bond donors (Lipinski definition) is 3.